The number of aliphatic hydroxyl groups excluding tert-OH is 1. The lowest BCUT2D eigenvalue weighted by Gasteiger charge is -2.31. The van der Waals surface area contributed by atoms with Crippen molar-refractivity contribution in [1.29, 1.82) is 0 Å². The molecule has 1 aliphatic rings. The van der Waals surface area contributed by atoms with Crippen LogP contribution in [0.25, 0.3) is 11.1 Å². The molecule has 0 fully saturated rings. The summed E-state index contributed by atoms with van der Waals surface area (Å²) in [4.78, 5) is 19.3. The van der Waals surface area contributed by atoms with E-state index in [1.807, 2.05) is 68.4 Å². The minimum atomic E-state index is -3.76. The predicted octanol–water partition coefficient (Wildman–Crippen LogP) is 5.26. The fourth-order valence-corrected chi connectivity index (χ4v) is 6.59. The van der Waals surface area contributed by atoms with E-state index in [0.29, 0.717) is 29.9 Å². The van der Waals surface area contributed by atoms with Crippen molar-refractivity contribution < 1.29 is 27.8 Å². The molecular formula is C36H39N3O6S. The fourth-order valence-electron chi connectivity index (χ4n) is 5.21. The summed E-state index contributed by atoms with van der Waals surface area (Å²) in [5, 5.41) is 9.06. The number of benzene rings is 4. The first kappa shape index (κ1) is 32.9. The van der Waals surface area contributed by atoms with Crippen molar-refractivity contribution in [1.82, 2.24) is 10.9 Å². The largest absolute Gasteiger partial charge is 0.494 e. The fraction of sp³-hybridized carbons (Fsp3) is 0.278. The molecule has 4 aromatic rings. The van der Waals surface area contributed by atoms with Gasteiger partial charge < -0.3 is 14.6 Å². The molecule has 0 saturated carbocycles. The molecule has 9 nitrogen and oxygen atoms in total. The summed E-state index contributed by atoms with van der Waals surface area (Å²) in [6, 6.07) is 32.8. The summed E-state index contributed by atoms with van der Waals surface area (Å²) >= 11 is 0. The SMILES string of the molecule is CC(C)NNC(=O)[C@@]1(CCS(=O)(=O)c2ccccc2)N=C(c2ccc(OCCCO)cc2)O[C@H]1c1ccc(-c2ccccc2)cc1. The molecule has 3 N–H and O–H groups in total. The van der Waals surface area contributed by atoms with Gasteiger partial charge in [-0.25, -0.2) is 18.8 Å². The van der Waals surface area contributed by atoms with Gasteiger partial charge in [0.15, 0.2) is 21.5 Å². The average molecular weight is 642 g/mol. The molecule has 2 atom stereocenters. The third-order valence-electron chi connectivity index (χ3n) is 7.68. The van der Waals surface area contributed by atoms with Crippen LogP contribution in [0.3, 0.4) is 0 Å². The lowest BCUT2D eigenvalue weighted by Crippen LogP contribution is -2.54. The van der Waals surface area contributed by atoms with Gasteiger partial charge in [-0.3, -0.25) is 10.2 Å². The van der Waals surface area contributed by atoms with Gasteiger partial charge >= 0.3 is 0 Å². The van der Waals surface area contributed by atoms with Crippen LogP contribution in [0.5, 0.6) is 5.75 Å². The zero-order chi connectivity index (χ0) is 32.6. The number of ether oxygens (including phenoxy) is 2. The van der Waals surface area contributed by atoms with Gasteiger partial charge in [0, 0.05) is 31.1 Å². The first-order valence-corrected chi connectivity index (χ1v) is 17.0. The van der Waals surface area contributed by atoms with Crippen LogP contribution in [0, 0.1) is 0 Å². The van der Waals surface area contributed by atoms with Gasteiger partial charge in [-0.2, -0.15) is 0 Å². The van der Waals surface area contributed by atoms with Crippen molar-refractivity contribution in [3.8, 4) is 16.9 Å². The molecule has 5 rings (SSSR count). The summed E-state index contributed by atoms with van der Waals surface area (Å²) in [6.07, 6.45) is -0.545. The number of hydrogen-bond acceptors (Lipinski definition) is 8. The van der Waals surface area contributed by atoms with Crippen LogP contribution in [-0.4, -0.2) is 55.9 Å². The highest BCUT2D eigenvalue weighted by molar-refractivity contribution is 7.91. The van der Waals surface area contributed by atoms with Crippen LogP contribution in [0.2, 0.25) is 0 Å². The lowest BCUT2D eigenvalue weighted by molar-refractivity contribution is -0.130. The van der Waals surface area contributed by atoms with E-state index in [1.54, 1.807) is 54.6 Å². The highest BCUT2D eigenvalue weighted by atomic mass is 32.2. The van der Waals surface area contributed by atoms with Crippen molar-refractivity contribution in [3.05, 3.63) is 120 Å². The standard InChI is InChI=1S/C36H39N3O6S/c1-26(2)38-39-35(41)36(22-25-46(42,43)32-12-7-4-8-13-32)33(29-16-14-28(15-17-29)27-10-5-3-6-11-27)45-34(37-36)30-18-20-31(21-19-30)44-24-9-23-40/h3-8,10-21,26,33,38,40H,9,22-25H2,1-2H3,(H,39,41)/t33-,36-/m0/s1. The lowest BCUT2D eigenvalue weighted by atomic mass is 9.84. The molecule has 0 unspecified atom stereocenters. The molecular weight excluding hydrogens is 602 g/mol. The summed E-state index contributed by atoms with van der Waals surface area (Å²) in [5.41, 5.74) is 7.43. The summed E-state index contributed by atoms with van der Waals surface area (Å²) in [7, 11) is -3.76. The third-order valence-corrected chi connectivity index (χ3v) is 9.41. The monoisotopic (exact) mass is 641 g/mol. The molecule has 1 heterocycles. The number of nitrogens with zero attached hydrogens (tertiary/aromatic N) is 1. The van der Waals surface area contributed by atoms with Crippen LogP contribution >= 0.6 is 0 Å². The number of nitrogens with one attached hydrogen (secondary N) is 2. The van der Waals surface area contributed by atoms with E-state index in [2.05, 4.69) is 10.9 Å². The second kappa shape index (κ2) is 14.7. The van der Waals surface area contributed by atoms with Gasteiger partial charge in [0.1, 0.15) is 5.75 Å². The number of carbonyl (C=O) groups is 1. The normalized spacial score (nSPS) is 17.7. The second-order valence-corrected chi connectivity index (χ2v) is 13.5. The highest BCUT2D eigenvalue weighted by Crippen LogP contribution is 2.43. The number of aliphatic imine (C=N–C) groups is 1. The molecule has 0 spiro atoms. The molecule has 240 valence electrons. The van der Waals surface area contributed by atoms with Gasteiger partial charge in [-0.1, -0.05) is 72.8 Å². The van der Waals surface area contributed by atoms with E-state index in [-0.39, 0.29) is 35.6 Å². The molecule has 1 amide bonds. The maximum atomic E-state index is 14.2. The molecule has 10 heteroatoms. The van der Waals surface area contributed by atoms with E-state index in [1.165, 1.54) is 0 Å². The second-order valence-electron chi connectivity index (χ2n) is 11.4. The smallest absolute Gasteiger partial charge is 0.266 e. The van der Waals surface area contributed by atoms with Crippen molar-refractivity contribution in [2.24, 2.45) is 4.99 Å². The maximum absolute atomic E-state index is 14.2. The molecule has 0 bridgehead atoms. The van der Waals surface area contributed by atoms with Gasteiger partial charge in [0.2, 0.25) is 5.90 Å². The minimum Gasteiger partial charge on any atom is -0.494 e. The first-order valence-electron chi connectivity index (χ1n) is 15.3. The first-order chi connectivity index (χ1) is 22.2. The number of hydrazine groups is 1. The van der Waals surface area contributed by atoms with Gasteiger partial charge in [0.05, 0.1) is 17.3 Å². The Bertz CT molecular complexity index is 1730. The Morgan fingerprint density at radius 1 is 0.891 bits per heavy atom. The van der Waals surface area contributed by atoms with Crippen LogP contribution in [0.15, 0.2) is 119 Å². The van der Waals surface area contributed by atoms with E-state index >= 15 is 0 Å². The van der Waals surface area contributed by atoms with Crippen molar-refractivity contribution in [2.45, 2.75) is 49.3 Å². The predicted molar refractivity (Wildman–Crippen MR) is 178 cm³/mol. The zero-order valence-electron chi connectivity index (χ0n) is 25.9. The molecule has 1 aliphatic heterocycles. The number of aliphatic hydroxyl groups is 1. The van der Waals surface area contributed by atoms with E-state index in [0.717, 1.165) is 11.1 Å². The van der Waals surface area contributed by atoms with E-state index in [4.69, 9.17) is 19.6 Å². The summed E-state index contributed by atoms with van der Waals surface area (Å²) in [6.45, 7) is 4.18. The number of rotatable bonds is 14. The Kier molecular flexibility index (Phi) is 10.5. The minimum absolute atomic E-state index is 0.0340. The van der Waals surface area contributed by atoms with Crippen molar-refractivity contribution in [2.75, 3.05) is 19.0 Å². The van der Waals surface area contributed by atoms with E-state index < -0.39 is 27.4 Å². The van der Waals surface area contributed by atoms with Gasteiger partial charge in [-0.15, -0.1) is 0 Å². The summed E-state index contributed by atoms with van der Waals surface area (Å²) < 4.78 is 39.2. The number of sulfone groups is 1. The Labute approximate surface area is 270 Å². The van der Waals surface area contributed by atoms with E-state index in [9.17, 15) is 13.2 Å². The van der Waals surface area contributed by atoms with Gasteiger partial charge in [-0.05, 0) is 66.9 Å². The maximum Gasteiger partial charge on any atom is 0.266 e. The highest BCUT2D eigenvalue weighted by Gasteiger charge is 2.53. The van der Waals surface area contributed by atoms with Crippen LogP contribution < -0.4 is 15.6 Å². The van der Waals surface area contributed by atoms with Crippen LogP contribution in [-0.2, 0) is 19.4 Å². The Balaban J connectivity index is 1.55. The molecule has 0 radical (unpaired) electrons. The topological polar surface area (TPSA) is 126 Å². The number of carbonyl (C=O) groups excluding carboxylic acids is 1. The zero-order valence-corrected chi connectivity index (χ0v) is 26.7. The molecule has 46 heavy (non-hydrogen) atoms. The quantitative estimate of drug-likeness (QED) is 0.127. The average Bonchev–Trinajstić information content (AvgIpc) is 3.48. The van der Waals surface area contributed by atoms with Gasteiger partial charge in [0.25, 0.3) is 5.91 Å². The number of hydrogen-bond donors (Lipinski definition) is 3. The van der Waals surface area contributed by atoms with Crippen molar-refractivity contribution in [3.63, 3.8) is 0 Å². The Morgan fingerprint density at radius 2 is 1.50 bits per heavy atom. The van der Waals surface area contributed by atoms with Crippen LogP contribution in [0.4, 0.5) is 0 Å². The van der Waals surface area contributed by atoms with Crippen LogP contribution in [0.1, 0.15) is 43.9 Å². The van der Waals surface area contributed by atoms with Crippen molar-refractivity contribution >= 4 is 21.6 Å². The molecule has 4 aromatic carbocycles. The Hall–Kier alpha value is -4.51. The Morgan fingerprint density at radius 3 is 2.13 bits per heavy atom. The third kappa shape index (κ3) is 7.64. The molecule has 0 saturated heterocycles. The number of amides is 1. The molecule has 0 aromatic heterocycles. The summed E-state index contributed by atoms with van der Waals surface area (Å²) in [5.74, 6) is 0.00186. The molecule has 0 aliphatic carbocycles.